The fourth-order valence-electron chi connectivity index (χ4n) is 5.25. The molecule has 0 aliphatic carbocycles. The van der Waals surface area contributed by atoms with Crippen molar-refractivity contribution in [2.24, 2.45) is 0 Å². The maximum Gasteiger partial charge on any atom is 0.127 e. The van der Waals surface area contributed by atoms with Crippen molar-refractivity contribution >= 4 is 34.4 Å². The molecule has 6 rings (SSSR count). The van der Waals surface area contributed by atoms with Crippen LogP contribution in [0.5, 0.6) is 11.5 Å². The van der Waals surface area contributed by atoms with Gasteiger partial charge in [-0.3, -0.25) is 0 Å². The SMILES string of the molecule is C=C(C(=Cc1ccc(Oc2ccc(C=C(C(=C)c3ccccc3)c3ccccc3)cc2)cc1)c1ccccc1)c1ccccc1. The smallest absolute Gasteiger partial charge is 0.127 e. The number of allylic oxidation sites excluding steroid dienone is 4. The minimum atomic E-state index is 0.779. The molecule has 0 atom stereocenters. The first kappa shape index (κ1) is 29.2. The lowest BCUT2D eigenvalue weighted by Crippen LogP contribution is -1.90. The van der Waals surface area contributed by atoms with Crippen LogP contribution in [0.15, 0.2) is 183 Å². The largest absolute Gasteiger partial charge is 0.457 e. The van der Waals surface area contributed by atoms with E-state index in [-0.39, 0.29) is 0 Å². The van der Waals surface area contributed by atoms with Crippen LogP contribution in [-0.4, -0.2) is 0 Å². The van der Waals surface area contributed by atoms with E-state index in [0.29, 0.717) is 0 Å². The summed E-state index contributed by atoms with van der Waals surface area (Å²) in [5, 5.41) is 0. The third-order valence-corrected chi connectivity index (χ3v) is 7.68. The van der Waals surface area contributed by atoms with E-state index in [9.17, 15) is 0 Å². The van der Waals surface area contributed by atoms with Crippen molar-refractivity contribution in [2.75, 3.05) is 0 Å². The van der Waals surface area contributed by atoms with Crippen LogP contribution in [0.25, 0.3) is 34.4 Å². The minimum Gasteiger partial charge on any atom is -0.457 e. The van der Waals surface area contributed by atoms with Gasteiger partial charge in [-0.05, 0) is 92.1 Å². The predicted octanol–water partition coefficient (Wildman–Crippen LogP) is 12.0. The lowest BCUT2D eigenvalue weighted by atomic mass is 9.92. The van der Waals surface area contributed by atoms with Gasteiger partial charge in [-0.15, -0.1) is 0 Å². The highest BCUT2D eigenvalue weighted by Crippen LogP contribution is 2.34. The Bertz CT molecular complexity index is 1780. The molecule has 0 saturated heterocycles. The zero-order chi connectivity index (χ0) is 30.8. The van der Waals surface area contributed by atoms with Crippen LogP contribution < -0.4 is 4.74 Å². The van der Waals surface area contributed by atoms with Gasteiger partial charge >= 0.3 is 0 Å². The molecule has 0 amide bonds. The molecule has 0 radical (unpaired) electrons. The van der Waals surface area contributed by atoms with Crippen molar-refractivity contribution in [3.63, 3.8) is 0 Å². The Morgan fingerprint density at radius 1 is 0.356 bits per heavy atom. The molecule has 0 N–H and O–H groups in total. The molecule has 6 aromatic rings. The summed E-state index contributed by atoms with van der Waals surface area (Å²) < 4.78 is 6.22. The van der Waals surface area contributed by atoms with Crippen LogP contribution in [0.2, 0.25) is 0 Å². The number of ether oxygens (including phenoxy) is 1. The first-order valence-electron chi connectivity index (χ1n) is 15.1. The van der Waals surface area contributed by atoms with Gasteiger partial charge in [0.15, 0.2) is 0 Å². The van der Waals surface area contributed by atoms with Crippen molar-refractivity contribution in [2.45, 2.75) is 0 Å². The quantitative estimate of drug-likeness (QED) is 0.116. The Morgan fingerprint density at radius 3 is 0.956 bits per heavy atom. The number of benzene rings is 6. The molecule has 0 bridgehead atoms. The number of hydrogen-bond donors (Lipinski definition) is 0. The molecule has 0 aliphatic heterocycles. The maximum atomic E-state index is 6.22. The Morgan fingerprint density at radius 2 is 0.644 bits per heavy atom. The summed E-state index contributed by atoms with van der Waals surface area (Å²) in [5.41, 5.74) is 10.8. The highest BCUT2D eigenvalue weighted by molar-refractivity contribution is 6.11. The summed E-state index contributed by atoms with van der Waals surface area (Å²) in [4.78, 5) is 0. The Hall–Kier alpha value is -5.92. The highest BCUT2D eigenvalue weighted by atomic mass is 16.5. The molecule has 0 unspecified atom stereocenters. The maximum absolute atomic E-state index is 6.22. The van der Waals surface area contributed by atoms with Gasteiger partial charge in [0.25, 0.3) is 0 Å². The van der Waals surface area contributed by atoms with Gasteiger partial charge in [-0.25, -0.2) is 0 Å². The molecule has 0 fully saturated rings. The first-order valence-corrected chi connectivity index (χ1v) is 15.1. The van der Waals surface area contributed by atoms with Crippen LogP contribution in [0, 0.1) is 0 Å². The van der Waals surface area contributed by atoms with Gasteiger partial charge in [-0.2, -0.15) is 0 Å². The fraction of sp³-hybridized carbons (Fsp3) is 0. The van der Waals surface area contributed by atoms with E-state index in [0.717, 1.165) is 67.2 Å². The summed E-state index contributed by atoms with van der Waals surface area (Å²) >= 11 is 0. The normalized spacial score (nSPS) is 11.6. The third-order valence-electron chi connectivity index (χ3n) is 7.68. The Balaban J connectivity index is 1.21. The van der Waals surface area contributed by atoms with Crippen molar-refractivity contribution in [1.29, 1.82) is 0 Å². The van der Waals surface area contributed by atoms with E-state index < -0.39 is 0 Å². The van der Waals surface area contributed by atoms with Crippen LogP contribution in [0.1, 0.15) is 33.4 Å². The standard InChI is InChI=1S/C44H34O/c1-33(37-15-7-3-8-16-37)43(39-19-11-5-12-20-39)31-35-23-27-41(28-24-35)45-42-29-25-36(26-30-42)32-44(40-21-13-6-14-22-40)34(2)38-17-9-4-10-18-38/h3-32H,1-2H2. The lowest BCUT2D eigenvalue weighted by molar-refractivity contribution is 0.482. The molecule has 0 aliphatic rings. The second-order valence-electron chi connectivity index (χ2n) is 10.8. The van der Waals surface area contributed by atoms with E-state index in [2.05, 4.69) is 122 Å². The summed E-state index contributed by atoms with van der Waals surface area (Å²) in [6.45, 7) is 8.87. The highest BCUT2D eigenvalue weighted by Gasteiger charge is 2.10. The van der Waals surface area contributed by atoms with Crippen molar-refractivity contribution in [3.8, 4) is 11.5 Å². The number of rotatable bonds is 10. The van der Waals surface area contributed by atoms with E-state index in [4.69, 9.17) is 4.74 Å². The molecule has 1 heteroatoms. The lowest BCUT2D eigenvalue weighted by Gasteiger charge is -2.13. The third kappa shape index (κ3) is 7.36. The zero-order valence-electron chi connectivity index (χ0n) is 25.1. The van der Waals surface area contributed by atoms with Crippen LogP contribution in [-0.2, 0) is 0 Å². The van der Waals surface area contributed by atoms with Crippen molar-refractivity contribution < 1.29 is 4.74 Å². The molecule has 0 spiro atoms. The molecule has 1 nitrogen and oxygen atoms in total. The molecular weight excluding hydrogens is 544 g/mol. The molecule has 6 aromatic carbocycles. The molecule has 216 valence electrons. The van der Waals surface area contributed by atoms with Crippen LogP contribution in [0.4, 0.5) is 0 Å². The average Bonchev–Trinajstić information content (AvgIpc) is 3.12. The van der Waals surface area contributed by atoms with Crippen molar-refractivity contribution in [1.82, 2.24) is 0 Å². The van der Waals surface area contributed by atoms with Gasteiger partial charge in [-0.1, -0.05) is 159 Å². The van der Waals surface area contributed by atoms with Gasteiger partial charge in [0.05, 0.1) is 0 Å². The van der Waals surface area contributed by atoms with Crippen LogP contribution in [0.3, 0.4) is 0 Å². The summed E-state index contributed by atoms with van der Waals surface area (Å²) in [5.74, 6) is 1.56. The summed E-state index contributed by atoms with van der Waals surface area (Å²) in [6, 6.07) is 57.7. The summed E-state index contributed by atoms with van der Waals surface area (Å²) in [6.07, 6.45) is 4.37. The van der Waals surface area contributed by atoms with Crippen LogP contribution >= 0.6 is 0 Å². The topological polar surface area (TPSA) is 9.23 Å². The second-order valence-corrected chi connectivity index (χ2v) is 10.8. The summed E-state index contributed by atoms with van der Waals surface area (Å²) in [7, 11) is 0. The van der Waals surface area contributed by atoms with Gasteiger partial charge in [0.2, 0.25) is 0 Å². The monoisotopic (exact) mass is 578 g/mol. The molecule has 0 aromatic heterocycles. The number of hydrogen-bond acceptors (Lipinski definition) is 1. The van der Waals surface area contributed by atoms with Gasteiger partial charge in [0.1, 0.15) is 11.5 Å². The molecule has 45 heavy (non-hydrogen) atoms. The molecule has 0 heterocycles. The van der Waals surface area contributed by atoms with Crippen molar-refractivity contribution in [3.05, 3.63) is 216 Å². The van der Waals surface area contributed by atoms with E-state index in [1.807, 2.05) is 72.8 Å². The average molecular weight is 579 g/mol. The van der Waals surface area contributed by atoms with E-state index >= 15 is 0 Å². The van der Waals surface area contributed by atoms with Gasteiger partial charge in [0, 0.05) is 0 Å². The van der Waals surface area contributed by atoms with E-state index in [1.165, 1.54) is 0 Å². The fourth-order valence-corrected chi connectivity index (χ4v) is 5.25. The van der Waals surface area contributed by atoms with E-state index in [1.54, 1.807) is 0 Å². The first-order chi connectivity index (χ1) is 22.1. The van der Waals surface area contributed by atoms with Gasteiger partial charge < -0.3 is 4.74 Å². The molecular formula is C44H34O. The Labute approximate surface area is 266 Å². The Kier molecular flexibility index (Phi) is 9.10. The minimum absolute atomic E-state index is 0.779. The second kappa shape index (κ2) is 14.0. The molecule has 0 saturated carbocycles. The predicted molar refractivity (Wildman–Crippen MR) is 193 cm³/mol. The zero-order valence-corrected chi connectivity index (χ0v) is 25.1.